The van der Waals surface area contributed by atoms with E-state index in [0.29, 0.717) is 6.04 Å². The number of hydrogen-bond donors (Lipinski definition) is 0. The molecule has 0 N–H and O–H groups in total. The Morgan fingerprint density at radius 1 is 0.714 bits per heavy atom. The molecule has 0 saturated carbocycles. The van der Waals surface area contributed by atoms with Crippen molar-refractivity contribution in [1.82, 2.24) is 4.90 Å². The summed E-state index contributed by atoms with van der Waals surface area (Å²) in [5.74, 6) is 1.66. The molecule has 0 fully saturated rings. The molecule has 0 spiro atoms. The third kappa shape index (κ3) is 7.37. The Morgan fingerprint density at radius 3 is 1.29 bits per heavy atom. The van der Waals surface area contributed by atoms with Crippen LogP contribution in [-0.4, -0.2) is 24.0 Å². The van der Waals surface area contributed by atoms with Gasteiger partial charge in [0.25, 0.3) is 0 Å². The molecule has 0 aliphatic heterocycles. The highest BCUT2D eigenvalue weighted by Crippen LogP contribution is 2.09. The Labute approximate surface area is 90.9 Å². The zero-order chi connectivity index (χ0) is 11.1. The first-order valence-electron chi connectivity index (χ1n) is 6.17. The van der Waals surface area contributed by atoms with Crippen LogP contribution in [0.3, 0.4) is 0 Å². The van der Waals surface area contributed by atoms with E-state index in [4.69, 9.17) is 0 Å². The Hall–Kier alpha value is -0.0400. The summed E-state index contributed by atoms with van der Waals surface area (Å²) >= 11 is 0. The lowest BCUT2D eigenvalue weighted by molar-refractivity contribution is 0.199. The van der Waals surface area contributed by atoms with Gasteiger partial charge in [0.05, 0.1) is 0 Å². The second-order valence-corrected chi connectivity index (χ2v) is 5.49. The fourth-order valence-corrected chi connectivity index (χ4v) is 1.48. The molecule has 0 aromatic heterocycles. The average molecular weight is 199 g/mol. The van der Waals surface area contributed by atoms with Crippen molar-refractivity contribution in [2.75, 3.05) is 13.1 Å². The number of rotatable bonds is 7. The van der Waals surface area contributed by atoms with Crippen LogP contribution in [0.5, 0.6) is 0 Å². The highest BCUT2D eigenvalue weighted by Gasteiger charge is 2.10. The molecule has 0 atom stereocenters. The molecule has 0 amide bonds. The monoisotopic (exact) mass is 199 g/mol. The summed E-state index contributed by atoms with van der Waals surface area (Å²) in [6.45, 7) is 16.4. The zero-order valence-corrected chi connectivity index (χ0v) is 11.0. The second-order valence-electron chi connectivity index (χ2n) is 5.49. The first kappa shape index (κ1) is 14.0. The van der Waals surface area contributed by atoms with E-state index in [1.165, 1.54) is 25.9 Å². The Bertz CT molecular complexity index is 115. The highest BCUT2D eigenvalue weighted by molar-refractivity contribution is 4.64. The van der Waals surface area contributed by atoms with Crippen LogP contribution in [0.25, 0.3) is 0 Å². The lowest BCUT2D eigenvalue weighted by atomic mass is 10.1. The third-order valence-corrected chi connectivity index (χ3v) is 2.72. The molecule has 0 saturated heterocycles. The first-order valence-corrected chi connectivity index (χ1v) is 6.17. The molecular formula is C13H29N. The fourth-order valence-electron chi connectivity index (χ4n) is 1.48. The van der Waals surface area contributed by atoms with E-state index >= 15 is 0 Å². The van der Waals surface area contributed by atoms with E-state index in [1.807, 2.05) is 0 Å². The van der Waals surface area contributed by atoms with Gasteiger partial charge in [0.2, 0.25) is 0 Å². The molecule has 0 rings (SSSR count). The summed E-state index contributed by atoms with van der Waals surface area (Å²) in [6, 6.07) is 0.701. The van der Waals surface area contributed by atoms with Crippen LogP contribution >= 0.6 is 0 Å². The van der Waals surface area contributed by atoms with Crippen molar-refractivity contribution in [3.8, 4) is 0 Å². The molecular weight excluding hydrogens is 170 g/mol. The van der Waals surface area contributed by atoms with Crippen LogP contribution in [0.2, 0.25) is 0 Å². The number of nitrogens with zero attached hydrogens (tertiary/aromatic N) is 1. The third-order valence-electron chi connectivity index (χ3n) is 2.72. The van der Waals surface area contributed by atoms with E-state index in [2.05, 4.69) is 46.4 Å². The summed E-state index contributed by atoms with van der Waals surface area (Å²) in [5, 5.41) is 0. The Balaban J connectivity index is 3.78. The van der Waals surface area contributed by atoms with Crippen molar-refractivity contribution in [3.05, 3.63) is 0 Å². The molecule has 0 bridgehead atoms. The van der Waals surface area contributed by atoms with Crippen molar-refractivity contribution in [2.24, 2.45) is 11.8 Å². The maximum absolute atomic E-state index is 2.61. The quantitative estimate of drug-likeness (QED) is 0.603. The second kappa shape index (κ2) is 7.28. The van der Waals surface area contributed by atoms with Crippen LogP contribution < -0.4 is 0 Å². The van der Waals surface area contributed by atoms with Crippen LogP contribution in [0, 0.1) is 11.8 Å². The molecule has 1 nitrogen and oxygen atoms in total. The van der Waals surface area contributed by atoms with Gasteiger partial charge in [0.1, 0.15) is 0 Å². The van der Waals surface area contributed by atoms with Crippen molar-refractivity contribution in [2.45, 2.75) is 60.4 Å². The van der Waals surface area contributed by atoms with Gasteiger partial charge in [-0.25, -0.2) is 0 Å². The molecule has 0 heterocycles. The lowest BCUT2D eigenvalue weighted by Gasteiger charge is -2.27. The fraction of sp³-hybridized carbons (Fsp3) is 1.00. The molecule has 0 unspecified atom stereocenters. The smallest absolute Gasteiger partial charge is 0.00385 e. The zero-order valence-electron chi connectivity index (χ0n) is 11.0. The van der Waals surface area contributed by atoms with E-state index in [-0.39, 0.29) is 0 Å². The van der Waals surface area contributed by atoms with Crippen molar-refractivity contribution < 1.29 is 0 Å². The van der Waals surface area contributed by atoms with Crippen molar-refractivity contribution >= 4 is 0 Å². The molecule has 0 radical (unpaired) electrons. The topological polar surface area (TPSA) is 3.24 Å². The van der Waals surface area contributed by atoms with Gasteiger partial charge in [-0.1, -0.05) is 27.7 Å². The minimum atomic E-state index is 0.701. The maximum atomic E-state index is 2.61. The summed E-state index contributed by atoms with van der Waals surface area (Å²) < 4.78 is 0. The van der Waals surface area contributed by atoms with E-state index < -0.39 is 0 Å². The molecule has 86 valence electrons. The van der Waals surface area contributed by atoms with Gasteiger partial charge in [0, 0.05) is 6.04 Å². The van der Waals surface area contributed by atoms with Gasteiger partial charge >= 0.3 is 0 Å². The predicted octanol–water partition coefficient (Wildman–Crippen LogP) is 3.79. The average Bonchev–Trinajstić information content (AvgIpc) is 2.02. The Morgan fingerprint density at radius 2 is 1.07 bits per heavy atom. The van der Waals surface area contributed by atoms with E-state index in [0.717, 1.165) is 11.8 Å². The summed E-state index contributed by atoms with van der Waals surface area (Å²) in [7, 11) is 0. The molecule has 0 aromatic carbocycles. The standard InChI is InChI=1S/C13H29N/c1-11(2)7-9-14(13(5)6)10-8-12(3)4/h11-13H,7-10H2,1-6H3. The normalized spacial score (nSPS) is 12.4. The van der Waals surface area contributed by atoms with Crippen molar-refractivity contribution in [3.63, 3.8) is 0 Å². The summed E-state index contributed by atoms with van der Waals surface area (Å²) in [6.07, 6.45) is 2.66. The van der Waals surface area contributed by atoms with Crippen LogP contribution in [-0.2, 0) is 0 Å². The van der Waals surface area contributed by atoms with E-state index in [9.17, 15) is 0 Å². The largest absolute Gasteiger partial charge is 0.301 e. The van der Waals surface area contributed by atoms with Gasteiger partial charge < -0.3 is 4.90 Å². The van der Waals surface area contributed by atoms with E-state index in [1.54, 1.807) is 0 Å². The van der Waals surface area contributed by atoms with Gasteiger partial charge in [-0.2, -0.15) is 0 Å². The number of hydrogen-bond acceptors (Lipinski definition) is 1. The lowest BCUT2D eigenvalue weighted by Crippen LogP contribution is -2.33. The van der Waals surface area contributed by atoms with Gasteiger partial charge in [-0.3, -0.25) is 0 Å². The van der Waals surface area contributed by atoms with Gasteiger partial charge in [0.15, 0.2) is 0 Å². The minimum Gasteiger partial charge on any atom is -0.301 e. The molecule has 14 heavy (non-hydrogen) atoms. The first-order chi connectivity index (χ1) is 6.43. The van der Waals surface area contributed by atoms with Gasteiger partial charge in [-0.05, 0) is 51.6 Å². The maximum Gasteiger partial charge on any atom is 0.00385 e. The summed E-state index contributed by atoms with van der Waals surface area (Å²) in [4.78, 5) is 2.61. The molecule has 0 aliphatic rings. The van der Waals surface area contributed by atoms with Crippen molar-refractivity contribution in [1.29, 1.82) is 0 Å². The summed E-state index contributed by atoms with van der Waals surface area (Å²) in [5.41, 5.74) is 0. The Kier molecular flexibility index (Phi) is 7.26. The van der Waals surface area contributed by atoms with Crippen LogP contribution in [0.1, 0.15) is 54.4 Å². The van der Waals surface area contributed by atoms with Crippen LogP contribution in [0.15, 0.2) is 0 Å². The van der Waals surface area contributed by atoms with Crippen LogP contribution in [0.4, 0.5) is 0 Å². The predicted molar refractivity (Wildman–Crippen MR) is 65.6 cm³/mol. The highest BCUT2D eigenvalue weighted by atomic mass is 15.1. The SMILES string of the molecule is CC(C)CCN(CCC(C)C)C(C)C. The molecule has 1 heteroatoms. The molecule has 0 aliphatic carbocycles. The molecule has 0 aromatic rings. The minimum absolute atomic E-state index is 0.701. The van der Waals surface area contributed by atoms with Gasteiger partial charge in [-0.15, -0.1) is 0 Å².